The lowest BCUT2D eigenvalue weighted by molar-refractivity contribution is -0.309. The zero-order valence-electron chi connectivity index (χ0n) is 27.6. The van der Waals surface area contributed by atoms with E-state index in [1.54, 1.807) is 6.92 Å². The predicted molar refractivity (Wildman–Crippen MR) is 160 cm³/mol. The molecule has 248 valence electrons. The molecule has 8 aliphatic rings. The molecule has 1 spiro atoms. The Balaban J connectivity index is 1.24. The average Bonchev–Trinajstić information content (AvgIpc) is 2.93. The molecule has 0 radical (unpaired) electrons. The van der Waals surface area contributed by atoms with Gasteiger partial charge in [-0.15, -0.1) is 0 Å². The Morgan fingerprint density at radius 1 is 0.818 bits per heavy atom. The highest BCUT2D eigenvalue weighted by Crippen LogP contribution is 2.77. The van der Waals surface area contributed by atoms with Crippen LogP contribution in [0.15, 0.2) is 11.1 Å². The van der Waals surface area contributed by atoms with Gasteiger partial charge in [-0.05, 0) is 116 Å². The number of hydrogen-bond acceptors (Lipinski definition) is 9. The largest absolute Gasteiger partial charge is 0.455 e. The van der Waals surface area contributed by atoms with Crippen LogP contribution in [0.2, 0.25) is 0 Å². The second-order valence-electron chi connectivity index (χ2n) is 17.4. The summed E-state index contributed by atoms with van der Waals surface area (Å²) in [6, 6.07) is 0. The molecule has 0 aromatic heterocycles. The Morgan fingerprint density at radius 2 is 1.50 bits per heavy atom. The fraction of sp³-hybridized carbons (Fsp3) is 0.914. The highest BCUT2D eigenvalue weighted by atomic mass is 16.7. The third-order valence-electron chi connectivity index (χ3n) is 15.4. The quantitative estimate of drug-likeness (QED) is 0.179. The van der Waals surface area contributed by atoms with Crippen molar-refractivity contribution in [3.8, 4) is 0 Å². The number of esters is 1. The minimum absolute atomic E-state index is 0.0863. The molecule has 2 bridgehead atoms. The first kappa shape index (κ1) is 31.5. The molecule has 7 fully saturated rings. The maximum Gasteiger partial charge on any atom is 0.317 e. The molecule has 0 amide bonds. The molecule has 5 aliphatic carbocycles. The third kappa shape index (κ3) is 3.58. The first-order valence-corrected chi connectivity index (χ1v) is 17.0. The van der Waals surface area contributed by atoms with Gasteiger partial charge in [-0.3, -0.25) is 4.79 Å². The number of aliphatic hydroxyl groups is 5. The normalized spacial score (nSPS) is 58.0. The number of hydrogen-bond donors (Lipinski definition) is 5. The Morgan fingerprint density at radius 3 is 2.18 bits per heavy atom. The smallest absolute Gasteiger partial charge is 0.317 e. The lowest BCUT2D eigenvalue weighted by Gasteiger charge is -2.73. The first-order chi connectivity index (χ1) is 20.3. The highest BCUT2D eigenvalue weighted by molar-refractivity contribution is 5.86. The number of aliphatic hydroxyl groups excluding tert-OH is 4. The number of fused-ring (bicyclic) bond motifs is 7. The van der Waals surface area contributed by atoms with Crippen molar-refractivity contribution in [1.29, 1.82) is 0 Å². The van der Waals surface area contributed by atoms with Crippen molar-refractivity contribution in [3.05, 3.63) is 11.1 Å². The van der Waals surface area contributed by atoms with Crippen LogP contribution in [0.1, 0.15) is 106 Å². The lowest BCUT2D eigenvalue weighted by atomic mass is 9.33. The molecule has 14 atom stereocenters. The summed E-state index contributed by atoms with van der Waals surface area (Å²) in [6.07, 6.45) is 1.12. The highest BCUT2D eigenvalue weighted by Gasteiger charge is 2.75. The van der Waals surface area contributed by atoms with Gasteiger partial charge in [0.2, 0.25) is 0 Å². The van der Waals surface area contributed by atoms with E-state index in [2.05, 4.69) is 34.6 Å². The Bertz CT molecular complexity index is 1280. The van der Waals surface area contributed by atoms with Crippen molar-refractivity contribution in [2.24, 2.45) is 38.9 Å². The number of carbonyl (C=O) groups is 1. The summed E-state index contributed by atoms with van der Waals surface area (Å²) >= 11 is 0. The Hall–Kier alpha value is -1.07. The van der Waals surface area contributed by atoms with Crippen LogP contribution >= 0.6 is 0 Å². The van der Waals surface area contributed by atoms with Gasteiger partial charge in [-0.2, -0.15) is 0 Å². The summed E-state index contributed by atoms with van der Waals surface area (Å²) in [5, 5.41) is 55.2. The van der Waals surface area contributed by atoms with E-state index < -0.39 is 47.3 Å². The van der Waals surface area contributed by atoms with Crippen molar-refractivity contribution in [3.63, 3.8) is 0 Å². The SMILES string of the molecule is CC1(C)[C@@H](O[C@H]2OC[C@H](O)[C@H](O)[C@H]2O)CC[C@@]2(C)[C@H]1CC[C@]1(C)[C@H]2C[C@@H](O)C2=C3[C@]4(CC[C@](C)(OC4=O)[C@@]3(C)O)CC[C@]21C. The van der Waals surface area contributed by atoms with Gasteiger partial charge in [0, 0.05) is 0 Å². The topological polar surface area (TPSA) is 146 Å². The van der Waals surface area contributed by atoms with Gasteiger partial charge >= 0.3 is 5.97 Å². The average molecular weight is 619 g/mol. The second kappa shape index (κ2) is 9.30. The summed E-state index contributed by atoms with van der Waals surface area (Å²) < 4.78 is 18.0. The molecule has 44 heavy (non-hydrogen) atoms. The van der Waals surface area contributed by atoms with Crippen LogP contribution in [0, 0.1) is 38.9 Å². The van der Waals surface area contributed by atoms with Crippen molar-refractivity contribution in [2.45, 2.75) is 154 Å². The summed E-state index contributed by atoms with van der Waals surface area (Å²) in [5.41, 5.74) is -2.41. The van der Waals surface area contributed by atoms with Gasteiger partial charge in [0.1, 0.15) is 29.5 Å². The fourth-order valence-electron chi connectivity index (χ4n) is 12.4. The maximum absolute atomic E-state index is 13.6. The van der Waals surface area contributed by atoms with E-state index in [4.69, 9.17) is 14.2 Å². The van der Waals surface area contributed by atoms with Crippen LogP contribution in [0.25, 0.3) is 0 Å². The van der Waals surface area contributed by atoms with E-state index in [0.29, 0.717) is 25.7 Å². The minimum atomic E-state index is -1.34. The van der Waals surface area contributed by atoms with Crippen LogP contribution in [-0.4, -0.2) is 86.1 Å². The molecular weight excluding hydrogens is 564 g/mol. The van der Waals surface area contributed by atoms with Crippen LogP contribution in [-0.2, 0) is 19.0 Å². The van der Waals surface area contributed by atoms with Gasteiger partial charge in [-0.1, -0.05) is 34.6 Å². The van der Waals surface area contributed by atoms with Gasteiger partial charge in [0.05, 0.1) is 24.2 Å². The molecule has 0 unspecified atom stereocenters. The van der Waals surface area contributed by atoms with Gasteiger partial charge < -0.3 is 39.7 Å². The van der Waals surface area contributed by atoms with Crippen molar-refractivity contribution >= 4 is 5.97 Å². The standard InChI is InChI=1S/C35H54O9/c1-29(2)20-8-11-31(4)21(30(20,3)10-9-22(29)43-27-25(39)24(38)19(37)17-42-27)16-18(36)23-26-34(7,41)33(6)13-15-35(26,28(40)44-33)14-12-32(23,31)5/h18-22,24-25,27,36-39,41H,8-17H2,1-7H3/t18-,19+,20+,21+,22+,24+,25-,27-,30+,31-,32-,33+,34+,35-/m1/s1. The molecule has 4 saturated carbocycles. The van der Waals surface area contributed by atoms with Crippen LogP contribution in [0.5, 0.6) is 0 Å². The van der Waals surface area contributed by atoms with Crippen LogP contribution in [0.4, 0.5) is 0 Å². The molecule has 9 nitrogen and oxygen atoms in total. The van der Waals surface area contributed by atoms with E-state index in [1.807, 2.05) is 6.92 Å². The second-order valence-corrected chi connectivity index (χ2v) is 17.4. The molecule has 0 aromatic rings. The molecule has 8 rings (SSSR count). The third-order valence-corrected chi connectivity index (χ3v) is 15.4. The maximum atomic E-state index is 13.6. The molecule has 3 aliphatic heterocycles. The van der Waals surface area contributed by atoms with Gasteiger partial charge in [0.15, 0.2) is 6.29 Å². The van der Waals surface area contributed by atoms with E-state index in [1.165, 1.54) is 0 Å². The summed E-state index contributed by atoms with van der Waals surface area (Å²) in [4.78, 5) is 13.6. The zero-order valence-corrected chi connectivity index (χ0v) is 27.6. The molecular formula is C35H54O9. The number of rotatable bonds is 2. The van der Waals surface area contributed by atoms with Crippen molar-refractivity contribution in [1.82, 2.24) is 0 Å². The van der Waals surface area contributed by atoms with Crippen LogP contribution < -0.4 is 0 Å². The van der Waals surface area contributed by atoms with E-state index in [-0.39, 0.29) is 52.2 Å². The number of ether oxygens (including phenoxy) is 3. The van der Waals surface area contributed by atoms with E-state index in [0.717, 1.165) is 43.3 Å². The van der Waals surface area contributed by atoms with Crippen LogP contribution in [0.3, 0.4) is 0 Å². The van der Waals surface area contributed by atoms with Gasteiger partial charge in [0.25, 0.3) is 0 Å². The zero-order chi connectivity index (χ0) is 32.0. The fourth-order valence-corrected chi connectivity index (χ4v) is 12.4. The first-order valence-electron chi connectivity index (χ1n) is 17.0. The summed E-state index contributed by atoms with van der Waals surface area (Å²) in [6.45, 7) is 15.2. The summed E-state index contributed by atoms with van der Waals surface area (Å²) in [7, 11) is 0. The molecule has 0 aromatic carbocycles. The Kier molecular flexibility index (Phi) is 6.66. The van der Waals surface area contributed by atoms with Crippen molar-refractivity contribution in [2.75, 3.05) is 6.61 Å². The van der Waals surface area contributed by atoms with Gasteiger partial charge in [-0.25, -0.2) is 0 Å². The predicted octanol–water partition coefficient (Wildman–Crippen LogP) is 3.38. The molecule has 3 saturated heterocycles. The lowest BCUT2D eigenvalue weighted by Crippen LogP contribution is -2.72. The number of carbonyl (C=O) groups excluding carboxylic acids is 1. The minimum Gasteiger partial charge on any atom is -0.455 e. The van der Waals surface area contributed by atoms with E-state index >= 15 is 0 Å². The molecule has 5 N–H and O–H groups in total. The monoisotopic (exact) mass is 618 g/mol. The van der Waals surface area contributed by atoms with Crippen molar-refractivity contribution < 1.29 is 44.5 Å². The molecule has 9 heteroatoms. The summed E-state index contributed by atoms with van der Waals surface area (Å²) in [5.74, 6) is 0.270. The van der Waals surface area contributed by atoms with E-state index in [9.17, 15) is 30.3 Å². The molecule has 3 heterocycles. The Labute approximate surface area is 261 Å².